The first kappa shape index (κ1) is 22.5. The summed E-state index contributed by atoms with van der Waals surface area (Å²) in [5.41, 5.74) is 1.81. The number of benzene rings is 2. The highest BCUT2D eigenvalue weighted by Crippen LogP contribution is 2.33. The van der Waals surface area contributed by atoms with Crippen LogP contribution in [0.4, 0.5) is 11.6 Å². The molecule has 2 aromatic carbocycles. The van der Waals surface area contributed by atoms with Crippen LogP contribution in [0.3, 0.4) is 0 Å². The maximum absolute atomic E-state index is 13.0. The van der Waals surface area contributed by atoms with E-state index in [0.29, 0.717) is 55.3 Å². The molecule has 1 fully saturated rings. The van der Waals surface area contributed by atoms with Crippen LogP contribution in [0.5, 0.6) is 11.5 Å². The van der Waals surface area contributed by atoms with Crippen LogP contribution in [-0.2, 0) is 16.1 Å². The van der Waals surface area contributed by atoms with E-state index in [9.17, 15) is 4.79 Å². The number of carbonyl (C=O) groups is 1. The predicted octanol–water partition coefficient (Wildman–Crippen LogP) is 3.05. The molecule has 2 aliphatic heterocycles. The molecule has 1 amide bonds. The van der Waals surface area contributed by atoms with E-state index in [2.05, 4.69) is 37.1 Å². The van der Waals surface area contributed by atoms with E-state index in [-0.39, 0.29) is 11.2 Å². The average Bonchev–Trinajstić information content (AvgIpc) is 3.26. The van der Waals surface area contributed by atoms with E-state index in [1.807, 2.05) is 37.3 Å². The molecule has 0 spiro atoms. The predicted molar refractivity (Wildman–Crippen MR) is 130 cm³/mol. The van der Waals surface area contributed by atoms with Gasteiger partial charge in [0.1, 0.15) is 13.2 Å². The highest BCUT2D eigenvalue weighted by atomic mass is 32.2. The minimum atomic E-state index is -0.385. The van der Waals surface area contributed by atoms with Crippen LogP contribution < -0.4 is 19.7 Å². The lowest BCUT2D eigenvalue weighted by Crippen LogP contribution is -2.38. The van der Waals surface area contributed by atoms with Crippen molar-refractivity contribution >= 4 is 29.3 Å². The Bertz CT molecular complexity index is 1130. The van der Waals surface area contributed by atoms with Gasteiger partial charge in [-0.3, -0.25) is 9.36 Å². The summed E-state index contributed by atoms with van der Waals surface area (Å²) in [5, 5.41) is 12.2. The highest BCUT2D eigenvalue weighted by Gasteiger charge is 2.24. The molecule has 10 heteroatoms. The van der Waals surface area contributed by atoms with E-state index in [4.69, 9.17) is 14.2 Å². The Balaban J connectivity index is 1.32. The smallest absolute Gasteiger partial charge is 0.237 e. The van der Waals surface area contributed by atoms with Crippen molar-refractivity contribution in [3.05, 3.63) is 54.1 Å². The van der Waals surface area contributed by atoms with Gasteiger partial charge in [0.05, 0.1) is 25.0 Å². The molecule has 0 unspecified atom stereocenters. The first-order valence-corrected chi connectivity index (χ1v) is 12.2. The molecular weight excluding hydrogens is 454 g/mol. The molecule has 0 radical (unpaired) electrons. The van der Waals surface area contributed by atoms with Gasteiger partial charge in [0.2, 0.25) is 11.9 Å². The van der Waals surface area contributed by atoms with Crippen molar-refractivity contribution in [2.45, 2.75) is 23.9 Å². The Morgan fingerprint density at radius 1 is 1.03 bits per heavy atom. The number of ether oxygens (including phenoxy) is 3. The Morgan fingerprint density at radius 2 is 1.79 bits per heavy atom. The molecule has 1 atom stereocenters. The van der Waals surface area contributed by atoms with Crippen LogP contribution in [0.25, 0.3) is 0 Å². The molecule has 1 aromatic heterocycles. The van der Waals surface area contributed by atoms with Crippen molar-refractivity contribution in [2.75, 3.05) is 49.7 Å². The van der Waals surface area contributed by atoms with Gasteiger partial charge in [0.15, 0.2) is 16.7 Å². The van der Waals surface area contributed by atoms with Gasteiger partial charge in [0.25, 0.3) is 0 Å². The van der Waals surface area contributed by atoms with E-state index in [1.165, 1.54) is 11.8 Å². The molecule has 34 heavy (non-hydrogen) atoms. The molecule has 2 aliphatic rings. The molecule has 3 heterocycles. The molecule has 1 saturated heterocycles. The lowest BCUT2D eigenvalue weighted by Gasteiger charge is -2.28. The third-order valence-corrected chi connectivity index (χ3v) is 6.72. The number of amides is 1. The maximum atomic E-state index is 13.0. The number of carbonyl (C=O) groups excluding carboxylic acids is 1. The fourth-order valence-corrected chi connectivity index (χ4v) is 4.69. The van der Waals surface area contributed by atoms with E-state index in [1.54, 1.807) is 6.07 Å². The zero-order valence-electron chi connectivity index (χ0n) is 19.0. The van der Waals surface area contributed by atoms with Crippen molar-refractivity contribution in [1.29, 1.82) is 0 Å². The molecule has 9 nitrogen and oxygen atoms in total. The van der Waals surface area contributed by atoms with E-state index < -0.39 is 0 Å². The first-order valence-electron chi connectivity index (χ1n) is 11.3. The number of aromatic nitrogens is 3. The number of rotatable bonds is 7. The summed E-state index contributed by atoms with van der Waals surface area (Å²) in [7, 11) is 0. The van der Waals surface area contributed by atoms with Gasteiger partial charge >= 0.3 is 0 Å². The molecule has 3 aromatic rings. The summed E-state index contributed by atoms with van der Waals surface area (Å²) in [4.78, 5) is 15.2. The summed E-state index contributed by atoms with van der Waals surface area (Å²) >= 11 is 1.39. The summed E-state index contributed by atoms with van der Waals surface area (Å²) in [5.74, 6) is 2.01. The van der Waals surface area contributed by atoms with Gasteiger partial charge in [-0.1, -0.05) is 42.1 Å². The van der Waals surface area contributed by atoms with Gasteiger partial charge in [-0.25, -0.2) is 0 Å². The van der Waals surface area contributed by atoms with Crippen LogP contribution >= 0.6 is 11.8 Å². The number of fused-ring (bicyclic) bond motifs is 1. The van der Waals surface area contributed by atoms with Crippen molar-refractivity contribution in [3.63, 3.8) is 0 Å². The number of nitrogens with zero attached hydrogens (tertiary/aromatic N) is 4. The topological polar surface area (TPSA) is 90.7 Å². The normalized spacial score (nSPS) is 16.2. The third kappa shape index (κ3) is 5.13. The number of hydrogen-bond acceptors (Lipinski definition) is 8. The Morgan fingerprint density at radius 3 is 2.59 bits per heavy atom. The average molecular weight is 482 g/mol. The monoisotopic (exact) mass is 481 g/mol. The standard InChI is InChI=1S/C24H27N5O4S/c1-17(22(30)25-19-7-8-20-21(15-19)33-14-13-32-20)34-24-27-26-23(28-9-11-31-12-10-28)29(24)16-18-5-3-2-4-6-18/h2-8,15,17H,9-14,16H2,1H3,(H,25,30)/t17-/m0/s1. The summed E-state index contributed by atoms with van der Waals surface area (Å²) < 4.78 is 18.8. The molecule has 0 saturated carbocycles. The van der Waals surface area contributed by atoms with Crippen LogP contribution in [0.1, 0.15) is 12.5 Å². The fraction of sp³-hybridized carbons (Fsp3) is 0.375. The lowest BCUT2D eigenvalue weighted by molar-refractivity contribution is -0.115. The van der Waals surface area contributed by atoms with Crippen molar-refractivity contribution in [1.82, 2.24) is 14.8 Å². The fourth-order valence-electron chi connectivity index (χ4n) is 3.85. The first-order chi connectivity index (χ1) is 16.7. The van der Waals surface area contributed by atoms with Crippen LogP contribution in [0, 0.1) is 0 Å². The zero-order valence-corrected chi connectivity index (χ0v) is 19.8. The van der Waals surface area contributed by atoms with Crippen LogP contribution in [0.15, 0.2) is 53.7 Å². The SMILES string of the molecule is C[C@H](Sc1nnc(N2CCOCC2)n1Cc1ccccc1)C(=O)Nc1ccc2c(c1)OCCO2. The second-order valence-corrected chi connectivity index (χ2v) is 9.37. The quantitative estimate of drug-likeness (QED) is 0.515. The molecule has 178 valence electrons. The Kier molecular flexibility index (Phi) is 6.87. The maximum Gasteiger partial charge on any atom is 0.237 e. The Hall–Kier alpha value is -3.24. The molecule has 1 N–H and O–H groups in total. The minimum Gasteiger partial charge on any atom is -0.486 e. The van der Waals surface area contributed by atoms with Gasteiger partial charge in [-0.2, -0.15) is 0 Å². The zero-order chi connectivity index (χ0) is 23.3. The van der Waals surface area contributed by atoms with E-state index >= 15 is 0 Å². The van der Waals surface area contributed by atoms with Crippen molar-refractivity contribution < 1.29 is 19.0 Å². The molecule has 5 rings (SSSR count). The van der Waals surface area contributed by atoms with Gasteiger partial charge < -0.3 is 24.4 Å². The summed E-state index contributed by atoms with van der Waals surface area (Å²) in [6.45, 7) is 6.37. The van der Waals surface area contributed by atoms with E-state index in [0.717, 1.165) is 24.6 Å². The van der Waals surface area contributed by atoms with Crippen molar-refractivity contribution in [2.24, 2.45) is 0 Å². The summed E-state index contributed by atoms with van der Waals surface area (Å²) in [6.07, 6.45) is 0. The molecular formula is C24H27N5O4S. The summed E-state index contributed by atoms with van der Waals surface area (Å²) in [6, 6.07) is 15.6. The lowest BCUT2D eigenvalue weighted by atomic mass is 10.2. The molecule has 0 bridgehead atoms. The molecule has 0 aliphatic carbocycles. The van der Waals surface area contributed by atoms with Crippen LogP contribution in [-0.4, -0.2) is 65.4 Å². The van der Waals surface area contributed by atoms with Crippen molar-refractivity contribution in [3.8, 4) is 11.5 Å². The number of thioether (sulfide) groups is 1. The third-order valence-electron chi connectivity index (χ3n) is 5.64. The number of anilines is 2. The van der Waals surface area contributed by atoms with Gasteiger partial charge in [-0.15, -0.1) is 10.2 Å². The van der Waals surface area contributed by atoms with Gasteiger partial charge in [0, 0.05) is 24.8 Å². The van der Waals surface area contributed by atoms with Crippen LogP contribution in [0.2, 0.25) is 0 Å². The second kappa shape index (κ2) is 10.4. The second-order valence-electron chi connectivity index (χ2n) is 8.06. The number of morpholine rings is 1. The number of hydrogen-bond donors (Lipinski definition) is 1. The Labute approximate surface area is 202 Å². The van der Waals surface area contributed by atoms with Gasteiger partial charge in [-0.05, 0) is 24.6 Å². The largest absolute Gasteiger partial charge is 0.486 e. The number of nitrogens with one attached hydrogen (secondary N) is 1. The minimum absolute atomic E-state index is 0.121. The highest BCUT2D eigenvalue weighted by molar-refractivity contribution is 8.00.